The third-order valence-corrected chi connectivity index (χ3v) is 3.83. The van der Waals surface area contributed by atoms with Crippen LogP contribution in [0.25, 0.3) is 0 Å². The van der Waals surface area contributed by atoms with Gasteiger partial charge in [0.1, 0.15) is 12.4 Å². The molecule has 2 aromatic carbocycles. The van der Waals surface area contributed by atoms with Crippen molar-refractivity contribution in [2.45, 2.75) is 19.8 Å². The van der Waals surface area contributed by atoms with Crippen molar-refractivity contribution in [2.24, 2.45) is 0 Å². The first-order valence-corrected chi connectivity index (χ1v) is 7.47. The maximum atomic E-state index is 6.11. The number of nitrogens with one attached hydrogen (secondary N) is 1. The zero-order valence-corrected chi connectivity index (χ0v) is 12.5. The fourth-order valence-electron chi connectivity index (χ4n) is 2.35. The number of benzene rings is 2. The molecule has 0 atom stereocenters. The predicted molar refractivity (Wildman–Crippen MR) is 83.6 cm³/mol. The first-order chi connectivity index (χ1) is 10.3. The van der Waals surface area contributed by atoms with Crippen molar-refractivity contribution >= 4 is 11.6 Å². The van der Waals surface area contributed by atoms with Gasteiger partial charge in [0.2, 0.25) is 0 Å². The quantitative estimate of drug-likeness (QED) is 0.937. The zero-order valence-electron chi connectivity index (χ0n) is 11.8. The molecule has 1 N–H and O–H groups in total. The van der Waals surface area contributed by atoms with E-state index >= 15 is 0 Å². The smallest absolute Gasteiger partial charge is 0.123 e. The van der Waals surface area contributed by atoms with Gasteiger partial charge in [0, 0.05) is 23.7 Å². The molecule has 0 radical (unpaired) electrons. The Balaban J connectivity index is 1.61. The van der Waals surface area contributed by atoms with Crippen LogP contribution < -0.4 is 10.1 Å². The van der Waals surface area contributed by atoms with E-state index in [9.17, 15) is 0 Å². The summed E-state index contributed by atoms with van der Waals surface area (Å²) in [4.78, 5) is 0. The summed E-state index contributed by atoms with van der Waals surface area (Å²) in [6, 6.07) is 14.0. The number of rotatable bonds is 4. The van der Waals surface area contributed by atoms with Crippen molar-refractivity contribution < 1.29 is 9.47 Å². The van der Waals surface area contributed by atoms with Crippen LogP contribution in [0.4, 0.5) is 0 Å². The van der Waals surface area contributed by atoms with Gasteiger partial charge in [-0.1, -0.05) is 35.9 Å². The van der Waals surface area contributed by atoms with E-state index < -0.39 is 0 Å². The summed E-state index contributed by atoms with van der Waals surface area (Å²) in [7, 11) is 0. The van der Waals surface area contributed by atoms with Crippen LogP contribution in [0.5, 0.6) is 5.75 Å². The summed E-state index contributed by atoms with van der Waals surface area (Å²) in [6.45, 7) is 3.53. The van der Waals surface area contributed by atoms with Gasteiger partial charge in [-0.05, 0) is 29.3 Å². The molecule has 3 rings (SSSR count). The lowest BCUT2D eigenvalue weighted by Gasteiger charge is -2.10. The van der Waals surface area contributed by atoms with E-state index in [2.05, 4.69) is 17.4 Å². The number of halogens is 1. The summed E-state index contributed by atoms with van der Waals surface area (Å²) in [5, 5.41) is 4.08. The molecule has 0 spiro atoms. The lowest BCUT2D eigenvalue weighted by Crippen LogP contribution is -2.16. The van der Waals surface area contributed by atoms with Gasteiger partial charge >= 0.3 is 0 Å². The molecule has 21 heavy (non-hydrogen) atoms. The Morgan fingerprint density at radius 1 is 1.14 bits per heavy atom. The maximum Gasteiger partial charge on any atom is 0.123 e. The van der Waals surface area contributed by atoms with E-state index in [0.29, 0.717) is 13.2 Å². The summed E-state index contributed by atoms with van der Waals surface area (Å²) >= 11 is 6.11. The first-order valence-electron chi connectivity index (χ1n) is 7.09. The highest BCUT2D eigenvalue weighted by Gasteiger charge is 2.09. The Bertz CT molecular complexity index is 615. The summed E-state index contributed by atoms with van der Waals surface area (Å²) in [6.07, 6.45) is 0. The van der Waals surface area contributed by atoms with Gasteiger partial charge in [-0.25, -0.2) is 0 Å². The largest absolute Gasteiger partial charge is 0.492 e. The third-order valence-electron chi connectivity index (χ3n) is 3.46. The van der Waals surface area contributed by atoms with Gasteiger partial charge in [-0.2, -0.15) is 0 Å². The van der Waals surface area contributed by atoms with Crippen LogP contribution in [-0.4, -0.2) is 13.2 Å². The van der Waals surface area contributed by atoms with Crippen molar-refractivity contribution in [1.82, 2.24) is 5.32 Å². The van der Waals surface area contributed by atoms with E-state index in [1.165, 1.54) is 5.56 Å². The lowest BCUT2D eigenvalue weighted by atomic mass is 10.1. The minimum Gasteiger partial charge on any atom is -0.492 e. The highest BCUT2D eigenvalue weighted by atomic mass is 35.5. The van der Waals surface area contributed by atoms with Crippen molar-refractivity contribution in [3.63, 3.8) is 0 Å². The lowest BCUT2D eigenvalue weighted by molar-refractivity contribution is 0.107. The molecule has 0 fully saturated rings. The van der Waals surface area contributed by atoms with Crippen LogP contribution >= 0.6 is 11.6 Å². The van der Waals surface area contributed by atoms with Crippen LogP contribution in [-0.2, 0) is 24.5 Å². The van der Waals surface area contributed by atoms with Crippen molar-refractivity contribution in [3.05, 3.63) is 64.2 Å². The Morgan fingerprint density at radius 2 is 2.05 bits per heavy atom. The van der Waals surface area contributed by atoms with Crippen molar-refractivity contribution in [3.8, 4) is 5.75 Å². The van der Waals surface area contributed by atoms with Crippen molar-refractivity contribution in [2.75, 3.05) is 13.2 Å². The van der Waals surface area contributed by atoms with Gasteiger partial charge in [0.15, 0.2) is 0 Å². The van der Waals surface area contributed by atoms with Gasteiger partial charge in [-0.3, -0.25) is 0 Å². The fraction of sp³-hybridized carbons (Fsp3) is 0.294. The van der Waals surface area contributed by atoms with E-state index in [0.717, 1.165) is 41.6 Å². The van der Waals surface area contributed by atoms with Crippen LogP contribution in [0.1, 0.15) is 16.7 Å². The number of fused-ring (bicyclic) bond motifs is 1. The monoisotopic (exact) mass is 303 g/mol. The second-order valence-electron chi connectivity index (χ2n) is 5.05. The highest BCUT2D eigenvalue weighted by molar-refractivity contribution is 6.31. The van der Waals surface area contributed by atoms with Gasteiger partial charge in [-0.15, -0.1) is 0 Å². The van der Waals surface area contributed by atoms with Crippen LogP contribution in [0.3, 0.4) is 0 Å². The Hall–Kier alpha value is -1.55. The molecule has 2 aromatic rings. The molecule has 0 aromatic heterocycles. The molecule has 3 nitrogen and oxygen atoms in total. The normalized spacial score (nSPS) is 14.1. The minimum atomic E-state index is 0.519. The molecule has 4 heteroatoms. The molecule has 1 heterocycles. The van der Waals surface area contributed by atoms with Crippen molar-refractivity contribution in [1.29, 1.82) is 0 Å². The summed E-state index contributed by atoms with van der Waals surface area (Å²) in [5.74, 6) is 0.967. The van der Waals surface area contributed by atoms with E-state index in [4.69, 9.17) is 21.1 Å². The summed E-state index contributed by atoms with van der Waals surface area (Å²) in [5.41, 5.74) is 3.35. The molecular formula is C17H18ClNO2. The molecule has 0 bridgehead atoms. The SMILES string of the molecule is Clc1ccccc1COCc1ccc2c(c1)CNCCO2. The van der Waals surface area contributed by atoms with Crippen LogP contribution in [0.2, 0.25) is 5.02 Å². The number of hydrogen-bond donors (Lipinski definition) is 1. The van der Waals surface area contributed by atoms with E-state index in [1.54, 1.807) is 0 Å². The summed E-state index contributed by atoms with van der Waals surface area (Å²) < 4.78 is 11.4. The molecule has 0 saturated carbocycles. The molecular weight excluding hydrogens is 286 g/mol. The molecule has 0 aliphatic carbocycles. The average Bonchev–Trinajstić information content (AvgIpc) is 2.74. The second kappa shape index (κ2) is 6.94. The number of hydrogen-bond acceptors (Lipinski definition) is 3. The second-order valence-corrected chi connectivity index (χ2v) is 5.46. The third kappa shape index (κ3) is 3.76. The van der Waals surface area contributed by atoms with Gasteiger partial charge in [0.05, 0.1) is 13.2 Å². The Kier molecular flexibility index (Phi) is 4.76. The fourth-order valence-corrected chi connectivity index (χ4v) is 2.54. The first kappa shape index (κ1) is 14.4. The minimum absolute atomic E-state index is 0.519. The zero-order chi connectivity index (χ0) is 14.5. The van der Waals surface area contributed by atoms with Crippen LogP contribution in [0.15, 0.2) is 42.5 Å². The standard InChI is InChI=1S/C17H18ClNO2/c18-16-4-2-1-3-14(16)12-20-11-13-5-6-17-15(9-13)10-19-7-8-21-17/h1-6,9,19H,7-8,10-12H2. The average molecular weight is 304 g/mol. The molecule has 110 valence electrons. The highest BCUT2D eigenvalue weighted by Crippen LogP contribution is 2.22. The Labute approximate surface area is 129 Å². The molecule has 0 saturated heterocycles. The molecule has 0 amide bonds. The maximum absolute atomic E-state index is 6.11. The molecule has 0 unspecified atom stereocenters. The Morgan fingerprint density at radius 3 is 2.95 bits per heavy atom. The topological polar surface area (TPSA) is 30.5 Å². The predicted octanol–water partition coefficient (Wildman–Crippen LogP) is 3.54. The van der Waals surface area contributed by atoms with Gasteiger partial charge in [0.25, 0.3) is 0 Å². The molecule has 1 aliphatic heterocycles. The molecule has 1 aliphatic rings. The van der Waals surface area contributed by atoms with Crippen LogP contribution in [0, 0.1) is 0 Å². The van der Waals surface area contributed by atoms with Gasteiger partial charge < -0.3 is 14.8 Å². The number of ether oxygens (including phenoxy) is 2. The van der Waals surface area contributed by atoms with E-state index in [-0.39, 0.29) is 0 Å². The van der Waals surface area contributed by atoms with E-state index in [1.807, 2.05) is 30.3 Å².